The predicted octanol–water partition coefficient (Wildman–Crippen LogP) is 2.62. The molecule has 0 saturated carbocycles. The van der Waals surface area contributed by atoms with Crippen LogP contribution in [-0.2, 0) is 17.5 Å². The molecule has 1 aliphatic rings. The second kappa shape index (κ2) is 8.49. The number of tetrazole rings is 1. The Bertz CT molecular complexity index is 1070. The molecule has 164 valence electrons. The summed E-state index contributed by atoms with van der Waals surface area (Å²) in [5.41, 5.74) is -0.102. The molecule has 0 aliphatic carbocycles. The molecule has 0 unspecified atom stereocenters. The van der Waals surface area contributed by atoms with Crippen LogP contribution in [0.15, 0.2) is 30.5 Å². The fourth-order valence-electron chi connectivity index (χ4n) is 3.29. The Morgan fingerprint density at radius 2 is 1.94 bits per heavy atom. The van der Waals surface area contributed by atoms with Crippen LogP contribution in [0.25, 0.3) is 10.7 Å². The van der Waals surface area contributed by atoms with Gasteiger partial charge in [-0.15, -0.1) is 10.2 Å². The van der Waals surface area contributed by atoms with Crippen molar-refractivity contribution in [2.75, 3.05) is 36.0 Å². The molecule has 0 radical (unpaired) electrons. The minimum Gasteiger partial charge on any atom is -0.480 e. The van der Waals surface area contributed by atoms with Gasteiger partial charge in [0.05, 0.1) is 16.6 Å². The van der Waals surface area contributed by atoms with Gasteiger partial charge in [0.2, 0.25) is 5.82 Å². The van der Waals surface area contributed by atoms with Crippen molar-refractivity contribution in [1.82, 2.24) is 25.2 Å². The molecule has 2 aromatic heterocycles. The lowest BCUT2D eigenvalue weighted by Gasteiger charge is -2.24. The highest BCUT2D eigenvalue weighted by Gasteiger charge is 2.31. The van der Waals surface area contributed by atoms with E-state index >= 15 is 0 Å². The molecule has 0 atom stereocenters. The first-order chi connectivity index (χ1) is 14.8. The second-order valence-corrected chi connectivity index (χ2v) is 7.93. The molecule has 3 aromatic rings. The molecule has 1 aliphatic heterocycles. The van der Waals surface area contributed by atoms with Crippen LogP contribution in [0.2, 0.25) is 0 Å². The molecule has 13 heteroatoms. The fourth-order valence-corrected chi connectivity index (χ4v) is 4.18. The lowest BCUT2D eigenvalue weighted by molar-refractivity contribution is -0.138. The molecular formula is C18H18F3N7O2S. The van der Waals surface area contributed by atoms with Gasteiger partial charge in [0.1, 0.15) is 0 Å². The number of hydrogen-bond acceptors (Lipinski definition) is 8. The highest BCUT2D eigenvalue weighted by Crippen LogP contribution is 2.33. The number of benzene rings is 1. The number of carbonyl (C=O) groups is 1. The number of carboxylic acid groups (broad SMARTS) is 1. The van der Waals surface area contributed by atoms with Crippen molar-refractivity contribution in [2.45, 2.75) is 19.1 Å². The third-order valence-electron chi connectivity index (χ3n) is 4.75. The normalized spacial score (nSPS) is 15.2. The zero-order valence-corrected chi connectivity index (χ0v) is 17.0. The molecule has 1 fully saturated rings. The SMILES string of the molecule is O=C(O)Cn1nnc(-c2cnc(N3CCCN(c4cccc(C(F)(F)F)c4)CC3)s2)n1. The van der Waals surface area contributed by atoms with Gasteiger partial charge in [-0.05, 0) is 29.8 Å². The molecule has 31 heavy (non-hydrogen) atoms. The number of aliphatic carboxylic acids is 1. The quantitative estimate of drug-likeness (QED) is 0.629. The maximum atomic E-state index is 13.0. The van der Waals surface area contributed by atoms with E-state index in [1.807, 2.05) is 4.90 Å². The molecule has 1 aromatic carbocycles. The summed E-state index contributed by atoms with van der Waals surface area (Å²) in [5, 5.41) is 21.2. The zero-order valence-electron chi connectivity index (χ0n) is 16.2. The second-order valence-electron chi connectivity index (χ2n) is 6.92. The van der Waals surface area contributed by atoms with Gasteiger partial charge in [0.25, 0.3) is 0 Å². The van der Waals surface area contributed by atoms with E-state index in [1.165, 1.54) is 23.5 Å². The van der Waals surface area contributed by atoms with Crippen LogP contribution in [0.4, 0.5) is 24.0 Å². The standard InChI is InChI=1S/C18H18F3N7O2S/c19-18(20,21)12-3-1-4-13(9-12)26-5-2-6-27(8-7-26)17-22-10-14(31-17)16-23-25-28(24-16)11-15(29)30/h1,3-4,9-10H,2,5-8,11H2,(H,29,30). The Hall–Kier alpha value is -3.22. The minimum atomic E-state index is -4.37. The van der Waals surface area contributed by atoms with Crippen LogP contribution in [0, 0.1) is 0 Å². The van der Waals surface area contributed by atoms with Crippen molar-refractivity contribution >= 4 is 28.1 Å². The van der Waals surface area contributed by atoms with Crippen molar-refractivity contribution in [3.8, 4) is 10.7 Å². The minimum absolute atomic E-state index is 0.297. The van der Waals surface area contributed by atoms with Crippen molar-refractivity contribution in [2.24, 2.45) is 0 Å². The average molecular weight is 453 g/mol. The molecule has 0 bridgehead atoms. The van der Waals surface area contributed by atoms with Crippen LogP contribution in [0.3, 0.4) is 0 Å². The number of hydrogen-bond donors (Lipinski definition) is 1. The third-order valence-corrected chi connectivity index (χ3v) is 5.80. The first-order valence-corrected chi connectivity index (χ1v) is 10.2. The Morgan fingerprint density at radius 3 is 2.71 bits per heavy atom. The fraction of sp³-hybridized carbons (Fsp3) is 0.389. The Kier molecular flexibility index (Phi) is 5.76. The molecule has 1 N–H and O–H groups in total. The van der Waals surface area contributed by atoms with Gasteiger partial charge in [-0.3, -0.25) is 4.79 Å². The van der Waals surface area contributed by atoms with Gasteiger partial charge >= 0.3 is 12.1 Å². The molecule has 4 rings (SSSR count). The molecule has 1 saturated heterocycles. The Labute approximate surface area is 178 Å². The van der Waals surface area contributed by atoms with Crippen molar-refractivity contribution in [1.29, 1.82) is 0 Å². The maximum absolute atomic E-state index is 13.0. The van der Waals surface area contributed by atoms with E-state index in [2.05, 4.69) is 25.3 Å². The van der Waals surface area contributed by atoms with Gasteiger partial charge in [-0.25, -0.2) is 4.98 Å². The number of anilines is 2. The predicted molar refractivity (Wildman–Crippen MR) is 107 cm³/mol. The van der Waals surface area contributed by atoms with Crippen LogP contribution in [-0.4, -0.2) is 62.4 Å². The lowest BCUT2D eigenvalue weighted by Crippen LogP contribution is -2.30. The van der Waals surface area contributed by atoms with Crippen LogP contribution in [0.1, 0.15) is 12.0 Å². The van der Waals surface area contributed by atoms with Gasteiger partial charge in [-0.2, -0.15) is 18.0 Å². The number of thiazole rings is 1. The Balaban J connectivity index is 1.44. The topological polar surface area (TPSA) is 100 Å². The molecule has 0 amide bonds. The highest BCUT2D eigenvalue weighted by atomic mass is 32.1. The summed E-state index contributed by atoms with van der Waals surface area (Å²) >= 11 is 1.36. The van der Waals surface area contributed by atoms with Crippen LogP contribution in [0.5, 0.6) is 0 Å². The first-order valence-electron chi connectivity index (χ1n) is 9.42. The summed E-state index contributed by atoms with van der Waals surface area (Å²) in [6.45, 7) is 2.13. The number of aromatic nitrogens is 5. The zero-order chi connectivity index (χ0) is 22.0. The number of carboxylic acids is 1. The average Bonchev–Trinajstić information content (AvgIpc) is 3.31. The van der Waals surface area contributed by atoms with Gasteiger partial charge in [0, 0.05) is 31.9 Å². The van der Waals surface area contributed by atoms with Crippen LogP contribution < -0.4 is 9.80 Å². The largest absolute Gasteiger partial charge is 0.480 e. The van der Waals surface area contributed by atoms with Crippen molar-refractivity contribution in [3.05, 3.63) is 36.0 Å². The first kappa shape index (κ1) is 21.0. The Morgan fingerprint density at radius 1 is 1.16 bits per heavy atom. The summed E-state index contributed by atoms with van der Waals surface area (Å²) in [5.74, 6) is -0.769. The molecule has 3 heterocycles. The highest BCUT2D eigenvalue weighted by molar-refractivity contribution is 7.18. The van der Waals surface area contributed by atoms with E-state index in [0.29, 0.717) is 42.6 Å². The van der Waals surface area contributed by atoms with Crippen LogP contribution >= 0.6 is 11.3 Å². The van der Waals surface area contributed by atoms with E-state index < -0.39 is 17.7 Å². The van der Waals surface area contributed by atoms with E-state index in [4.69, 9.17) is 5.11 Å². The lowest BCUT2D eigenvalue weighted by atomic mass is 10.1. The van der Waals surface area contributed by atoms with E-state index in [0.717, 1.165) is 22.4 Å². The number of halogens is 3. The summed E-state index contributed by atoms with van der Waals surface area (Å²) in [6, 6.07) is 5.38. The molecule has 0 spiro atoms. The maximum Gasteiger partial charge on any atom is 0.416 e. The number of alkyl halides is 3. The molecule has 9 nitrogen and oxygen atoms in total. The van der Waals surface area contributed by atoms with Gasteiger partial charge in [0.15, 0.2) is 11.7 Å². The summed E-state index contributed by atoms with van der Waals surface area (Å²) in [4.78, 5) is 20.8. The van der Waals surface area contributed by atoms with E-state index in [9.17, 15) is 18.0 Å². The van der Waals surface area contributed by atoms with Gasteiger partial charge in [-0.1, -0.05) is 17.4 Å². The van der Waals surface area contributed by atoms with E-state index in [-0.39, 0.29) is 6.54 Å². The number of rotatable bonds is 5. The summed E-state index contributed by atoms with van der Waals surface area (Å²) in [6.07, 6.45) is -2.00. The monoisotopic (exact) mass is 453 g/mol. The van der Waals surface area contributed by atoms with Gasteiger partial charge < -0.3 is 14.9 Å². The summed E-state index contributed by atoms with van der Waals surface area (Å²) < 4.78 is 39.1. The van der Waals surface area contributed by atoms with Crippen molar-refractivity contribution < 1.29 is 23.1 Å². The third kappa shape index (κ3) is 4.93. The van der Waals surface area contributed by atoms with Crippen molar-refractivity contribution in [3.63, 3.8) is 0 Å². The molecular weight excluding hydrogens is 435 g/mol. The van der Waals surface area contributed by atoms with E-state index in [1.54, 1.807) is 12.3 Å². The summed E-state index contributed by atoms with van der Waals surface area (Å²) in [7, 11) is 0. The smallest absolute Gasteiger partial charge is 0.416 e. The number of nitrogens with zero attached hydrogens (tertiary/aromatic N) is 7.